The lowest BCUT2D eigenvalue weighted by molar-refractivity contribution is 0.111. The van der Waals surface area contributed by atoms with Gasteiger partial charge in [0, 0.05) is 12.0 Å². The predicted octanol–water partition coefficient (Wildman–Crippen LogP) is 2.34. The fraction of sp³-hybridized carbons (Fsp3) is 0.571. The third-order valence-electron chi connectivity index (χ3n) is 2.84. The van der Waals surface area contributed by atoms with Gasteiger partial charge in [-0.2, -0.15) is 0 Å². The summed E-state index contributed by atoms with van der Waals surface area (Å²) >= 11 is 0. The second-order valence-corrected chi connectivity index (χ2v) is 4.84. The fourth-order valence-corrected chi connectivity index (χ4v) is 2.04. The molecule has 18 heavy (non-hydrogen) atoms. The average molecular weight is 255 g/mol. The van der Waals surface area contributed by atoms with Crippen LogP contribution in [0.1, 0.15) is 27.2 Å². The average Bonchev–Trinajstić information content (AvgIpc) is 2.32. The van der Waals surface area contributed by atoms with Crippen molar-refractivity contribution < 1.29 is 14.2 Å². The minimum absolute atomic E-state index is 0.0535. The molecule has 0 saturated carbocycles. The molecule has 2 N–H and O–H groups in total. The van der Waals surface area contributed by atoms with Gasteiger partial charge in [0.2, 0.25) is 0 Å². The topological polar surface area (TPSA) is 41.5 Å². The van der Waals surface area contributed by atoms with E-state index >= 15 is 0 Å². The molecular formula is C14H22FNO2. The summed E-state index contributed by atoms with van der Waals surface area (Å²) in [6, 6.07) is 5.96. The number of benzene rings is 1. The van der Waals surface area contributed by atoms with E-state index in [-0.39, 0.29) is 24.1 Å². The first-order valence-corrected chi connectivity index (χ1v) is 6.27. The summed E-state index contributed by atoms with van der Waals surface area (Å²) in [5, 5.41) is 12.6. The van der Waals surface area contributed by atoms with Crippen LogP contribution in [0.3, 0.4) is 0 Å². The second-order valence-electron chi connectivity index (χ2n) is 4.84. The van der Waals surface area contributed by atoms with Crippen molar-refractivity contribution in [3.05, 3.63) is 30.1 Å². The van der Waals surface area contributed by atoms with E-state index in [1.165, 1.54) is 12.1 Å². The van der Waals surface area contributed by atoms with Gasteiger partial charge >= 0.3 is 0 Å². The van der Waals surface area contributed by atoms with Crippen LogP contribution in [0.4, 0.5) is 4.39 Å². The van der Waals surface area contributed by atoms with Crippen LogP contribution in [-0.4, -0.2) is 29.9 Å². The van der Waals surface area contributed by atoms with Crippen LogP contribution < -0.4 is 10.1 Å². The van der Waals surface area contributed by atoms with Crippen LogP contribution in [-0.2, 0) is 0 Å². The molecule has 0 aliphatic carbocycles. The highest BCUT2D eigenvalue weighted by Crippen LogP contribution is 2.18. The maximum absolute atomic E-state index is 12.8. The summed E-state index contributed by atoms with van der Waals surface area (Å²) in [5.41, 5.74) is -0.353. The normalized spacial score (nSPS) is 16.1. The molecule has 0 amide bonds. The van der Waals surface area contributed by atoms with Crippen LogP contribution in [0, 0.1) is 5.82 Å². The van der Waals surface area contributed by atoms with Crippen LogP contribution in [0.15, 0.2) is 24.3 Å². The molecule has 0 radical (unpaired) electrons. The second kappa shape index (κ2) is 6.71. The zero-order chi connectivity index (χ0) is 13.6. The highest BCUT2D eigenvalue weighted by atomic mass is 19.1. The van der Waals surface area contributed by atoms with Gasteiger partial charge in [-0.05, 0) is 44.7 Å². The van der Waals surface area contributed by atoms with E-state index in [4.69, 9.17) is 4.74 Å². The third kappa shape index (κ3) is 4.63. The van der Waals surface area contributed by atoms with Gasteiger partial charge in [0.1, 0.15) is 11.6 Å². The SMILES string of the molecule is CCNC(C)(CO)CC(C)Oc1ccc(F)cc1. The number of ether oxygens (including phenoxy) is 1. The van der Waals surface area contributed by atoms with Gasteiger partial charge in [0.25, 0.3) is 0 Å². The minimum Gasteiger partial charge on any atom is -0.491 e. The smallest absolute Gasteiger partial charge is 0.123 e. The van der Waals surface area contributed by atoms with E-state index in [2.05, 4.69) is 5.32 Å². The molecule has 3 nitrogen and oxygen atoms in total. The third-order valence-corrected chi connectivity index (χ3v) is 2.84. The number of aliphatic hydroxyl groups is 1. The highest BCUT2D eigenvalue weighted by Gasteiger charge is 2.25. The lowest BCUT2D eigenvalue weighted by Crippen LogP contribution is -2.48. The number of halogens is 1. The molecule has 2 atom stereocenters. The van der Waals surface area contributed by atoms with Crippen molar-refractivity contribution in [2.75, 3.05) is 13.2 Å². The Bertz CT molecular complexity index is 355. The van der Waals surface area contributed by atoms with E-state index in [9.17, 15) is 9.50 Å². The van der Waals surface area contributed by atoms with Gasteiger partial charge in [-0.25, -0.2) is 4.39 Å². The number of rotatable bonds is 7. The van der Waals surface area contributed by atoms with Crippen LogP contribution in [0.2, 0.25) is 0 Å². The summed E-state index contributed by atoms with van der Waals surface area (Å²) < 4.78 is 18.4. The first-order valence-electron chi connectivity index (χ1n) is 6.27. The molecule has 1 rings (SSSR count). The largest absolute Gasteiger partial charge is 0.491 e. The summed E-state index contributed by atoms with van der Waals surface area (Å²) in [4.78, 5) is 0. The molecule has 0 aliphatic rings. The first-order chi connectivity index (χ1) is 8.49. The van der Waals surface area contributed by atoms with Crippen molar-refractivity contribution in [2.45, 2.75) is 38.8 Å². The Labute approximate surface area is 108 Å². The molecule has 102 valence electrons. The molecule has 1 aromatic rings. The summed E-state index contributed by atoms with van der Waals surface area (Å²) in [6.45, 7) is 6.74. The van der Waals surface area contributed by atoms with Gasteiger partial charge in [-0.15, -0.1) is 0 Å². The lowest BCUT2D eigenvalue weighted by Gasteiger charge is -2.31. The van der Waals surface area contributed by atoms with Gasteiger partial charge in [0.15, 0.2) is 0 Å². The molecule has 4 heteroatoms. The van der Waals surface area contributed by atoms with Crippen molar-refractivity contribution in [2.24, 2.45) is 0 Å². The fourth-order valence-electron chi connectivity index (χ4n) is 2.04. The quantitative estimate of drug-likeness (QED) is 0.786. The molecule has 0 fully saturated rings. The van der Waals surface area contributed by atoms with Gasteiger partial charge < -0.3 is 15.2 Å². The molecular weight excluding hydrogens is 233 g/mol. The monoisotopic (exact) mass is 255 g/mol. The minimum atomic E-state index is -0.353. The number of hydrogen-bond acceptors (Lipinski definition) is 3. The molecule has 0 saturated heterocycles. The first kappa shape index (κ1) is 14.9. The van der Waals surface area contributed by atoms with Crippen molar-refractivity contribution in [1.29, 1.82) is 0 Å². The molecule has 1 aromatic carbocycles. The number of hydrogen-bond donors (Lipinski definition) is 2. The van der Waals surface area contributed by atoms with E-state index in [1.54, 1.807) is 12.1 Å². The molecule has 2 unspecified atom stereocenters. The molecule has 0 spiro atoms. The zero-order valence-electron chi connectivity index (χ0n) is 11.2. The Balaban J connectivity index is 2.54. The number of likely N-dealkylation sites (N-methyl/N-ethyl adjacent to an activating group) is 1. The maximum Gasteiger partial charge on any atom is 0.123 e. The highest BCUT2D eigenvalue weighted by molar-refractivity contribution is 5.22. The molecule has 0 aromatic heterocycles. The van der Waals surface area contributed by atoms with E-state index in [0.29, 0.717) is 12.2 Å². The molecule has 0 bridgehead atoms. The Morgan fingerprint density at radius 1 is 1.39 bits per heavy atom. The number of nitrogens with one attached hydrogen (secondary N) is 1. The van der Waals surface area contributed by atoms with Crippen LogP contribution in [0.5, 0.6) is 5.75 Å². The predicted molar refractivity (Wildman–Crippen MR) is 70.3 cm³/mol. The van der Waals surface area contributed by atoms with Crippen molar-refractivity contribution in [3.8, 4) is 5.75 Å². The lowest BCUT2D eigenvalue weighted by atomic mass is 9.95. The van der Waals surface area contributed by atoms with Gasteiger partial charge in [-0.3, -0.25) is 0 Å². The Morgan fingerprint density at radius 3 is 2.50 bits per heavy atom. The van der Waals surface area contributed by atoms with Crippen molar-refractivity contribution in [3.63, 3.8) is 0 Å². The number of aliphatic hydroxyl groups excluding tert-OH is 1. The van der Waals surface area contributed by atoms with Gasteiger partial charge in [0.05, 0.1) is 12.7 Å². The van der Waals surface area contributed by atoms with Gasteiger partial charge in [-0.1, -0.05) is 6.92 Å². The summed E-state index contributed by atoms with van der Waals surface area (Å²) in [5.74, 6) is 0.364. The summed E-state index contributed by atoms with van der Waals surface area (Å²) in [6.07, 6.45) is 0.612. The molecule has 0 aliphatic heterocycles. The van der Waals surface area contributed by atoms with Crippen molar-refractivity contribution in [1.82, 2.24) is 5.32 Å². The Morgan fingerprint density at radius 2 is 2.00 bits per heavy atom. The van der Waals surface area contributed by atoms with E-state index in [0.717, 1.165) is 6.54 Å². The van der Waals surface area contributed by atoms with Crippen LogP contribution in [0.25, 0.3) is 0 Å². The molecule has 0 heterocycles. The summed E-state index contributed by atoms with van der Waals surface area (Å²) in [7, 11) is 0. The van der Waals surface area contributed by atoms with E-state index in [1.807, 2.05) is 20.8 Å². The maximum atomic E-state index is 12.8. The Kier molecular flexibility index (Phi) is 5.56. The van der Waals surface area contributed by atoms with E-state index < -0.39 is 0 Å². The van der Waals surface area contributed by atoms with Crippen molar-refractivity contribution >= 4 is 0 Å². The van der Waals surface area contributed by atoms with Crippen LogP contribution >= 0.6 is 0 Å². The zero-order valence-corrected chi connectivity index (χ0v) is 11.2. The standard InChI is InChI=1S/C14H22FNO2/c1-4-16-14(3,10-17)9-11(2)18-13-7-5-12(15)6-8-13/h5-8,11,16-17H,4,9-10H2,1-3H3. The Hall–Kier alpha value is -1.13.